The molecular formula is C11H18N2O2. The van der Waals surface area contributed by atoms with E-state index in [2.05, 4.69) is 5.32 Å². The molecule has 0 saturated carbocycles. The third-order valence-electron chi connectivity index (χ3n) is 2.24. The van der Waals surface area contributed by atoms with Gasteiger partial charge in [0.2, 0.25) is 0 Å². The summed E-state index contributed by atoms with van der Waals surface area (Å²) in [5.41, 5.74) is 7.48. The number of anilines is 2. The summed E-state index contributed by atoms with van der Waals surface area (Å²) in [6.45, 7) is 3.40. The van der Waals surface area contributed by atoms with Crippen LogP contribution in [0.4, 0.5) is 11.4 Å². The zero-order valence-corrected chi connectivity index (χ0v) is 9.12. The molecule has 5 N–H and O–H groups in total. The van der Waals surface area contributed by atoms with Gasteiger partial charge in [-0.05, 0) is 37.6 Å². The standard InChI is InChI=1S/C11H18N2O2/c1-8-3-9(12)5-10(4-8)13-11(2,6-14)7-15/h3-5,13-15H,6-7,12H2,1-2H3. The molecule has 15 heavy (non-hydrogen) atoms. The monoisotopic (exact) mass is 210 g/mol. The maximum absolute atomic E-state index is 9.13. The Bertz CT molecular complexity index is 315. The summed E-state index contributed by atoms with van der Waals surface area (Å²) in [5, 5.41) is 21.3. The minimum Gasteiger partial charge on any atom is -0.399 e. The summed E-state index contributed by atoms with van der Waals surface area (Å²) in [7, 11) is 0. The molecule has 0 radical (unpaired) electrons. The molecule has 84 valence electrons. The Morgan fingerprint density at radius 2 is 1.87 bits per heavy atom. The molecular weight excluding hydrogens is 192 g/mol. The van der Waals surface area contributed by atoms with Crippen molar-refractivity contribution in [1.82, 2.24) is 0 Å². The highest BCUT2D eigenvalue weighted by Gasteiger charge is 2.21. The third kappa shape index (κ3) is 3.11. The van der Waals surface area contributed by atoms with Crippen LogP contribution < -0.4 is 11.1 Å². The van der Waals surface area contributed by atoms with Gasteiger partial charge in [-0.25, -0.2) is 0 Å². The number of benzene rings is 1. The lowest BCUT2D eigenvalue weighted by atomic mass is 10.0. The van der Waals surface area contributed by atoms with E-state index < -0.39 is 5.54 Å². The fourth-order valence-corrected chi connectivity index (χ4v) is 1.36. The molecule has 1 aromatic carbocycles. The average molecular weight is 210 g/mol. The van der Waals surface area contributed by atoms with E-state index >= 15 is 0 Å². The molecule has 0 atom stereocenters. The van der Waals surface area contributed by atoms with E-state index in [1.807, 2.05) is 19.1 Å². The van der Waals surface area contributed by atoms with Gasteiger partial charge >= 0.3 is 0 Å². The summed E-state index contributed by atoms with van der Waals surface area (Å²) in [4.78, 5) is 0. The number of hydrogen-bond donors (Lipinski definition) is 4. The molecule has 0 saturated heterocycles. The summed E-state index contributed by atoms with van der Waals surface area (Å²) in [6, 6.07) is 5.55. The second-order valence-electron chi connectivity index (χ2n) is 4.13. The van der Waals surface area contributed by atoms with Gasteiger partial charge in [-0.1, -0.05) is 0 Å². The summed E-state index contributed by atoms with van der Waals surface area (Å²) in [6.07, 6.45) is 0. The van der Waals surface area contributed by atoms with Gasteiger partial charge in [0.1, 0.15) is 0 Å². The highest BCUT2D eigenvalue weighted by Crippen LogP contribution is 2.19. The molecule has 0 unspecified atom stereocenters. The molecule has 0 aliphatic heterocycles. The van der Waals surface area contributed by atoms with Gasteiger partial charge in [-0.2, -0.15) is 0 Å². The summed E-state index contributed by atoms with van der Waals surface area (Å²) < 4.78 is 0. The zero-order chi connectivity index (χ0) is 11.5. The van der Waals surface area contributed by atoms with Crippen LogP contribution in [0.5, 0.6) is 0 Å². The molecule has 1 rings (SSSR count). The number of rotatable bonds is 4. The number of nitrogens with two attached hydrogens (primary N) is 1. The summed E-state index contributed by atoms with van der Waals surface area (Å²) >= 11 is 0. The van der Waals surface area contributed by atoms with Crippen molar-refractivity contribution in [3.8, 4) is 0 Å². The molecule has 4 heteroatoms. The van der Waals surface area contributed by atoms with Crippen molar-refractivity contribution < 1.29 is 10.2 Å². The second-order valence-corrected chi connectivity index (χ2v) is 4.13. The predicted molar refractivity (Wildman–Crippen MR) is 61.8 cm³/mol. The van der Waals surface area contributed by atoms with Crippen molar-refractivity contribution in [2.75, 3.05) is 24.3 Å². The Kier molecular flexibility index (Phi) is 3.55. The van der Waals surface area contributed by atoms with Crippen molar-refractivity contribution in [2.24, 2.45) is 0 Å². The Morgan fingerprint density at radius 3 is 2.33 bits per heavy atom. The number of nitrogen functional groups attached to an aromatic ring is 1. The van der Waals surface area contributed by atoms with E-state index in [-0.39, 0.29) is 13.2 Å². The molecule has 0 fully saturated rings. The zero-order valence-electron chi connectivity index (χ0n) is 9.12. The molecule has 0 amide bonds. The molecule has 0 aliphatic carbocycles. The first-order valence-electron chi connectivity index (χ1n) is 4.86. The van der Waals surface area contributed by atoms with E-state index in [9.17, 15) is 0 Å². The van der Waals surface area contributed by atoms with Gasteiger partial charge in [-0.15, -0.1) is 0 Å². The van der Waals surface area contributed by atoms with Gasteiger partial charge in [0.15, 0.2) is 0 Å². The van der Waals surface area contributed by atoms with Crippen LogP contribution in [0.1, 0.15) is 12.5 Å². The SMILES string of the molecule is Cc1cc(N)cc(NC(C)(CO)CO)c1. The van der Waals surface area contributed by atoms with Crippen LogP contribution in [0.15, 0.2) is 18.2 Å². The van der Waals surface area contributed by atoms with E-state index in [0.717, 1.165) is 11.3 Å². The molecule has 0 bridgehead atoms. The van der Waals surface area contributed by atoms with Crippen molar-refractivity contribution in [3.63, 3.8) is 0 Å². The first-order chi connectivity index (χ1) is 6.99. The minimum absolute atomic E-state index is 0.142. The maximum Gasteiger partial charge on any atom is 0.0806 e. The Hall–Kier alpha value is -1.26. The predicted octanol–water partition coefficient (Wildman–Crippen LogP) is 0.732. The van der Waals surface area contributed by atoms with Crippen molar-refractivity contribution in [1.29, 1.82) is 0 Å². The van der Waals surface area contributed by atoms with Gasteiger partial charge in [0, 0.05) is 11.4 Å². The number of aliphatic hydroxyl groups is 2. The van der Waals surface area contributed by atoms with Crippen LogP contribution in [0, 0.1) is 6.92 Å². The summed E-state index contributed by atoms with van der Waals surface area (Å²) in [5.74, 6) is 0. The smallest absolute Gasteiger partial charge is 0.0806 e. The lowest BCUT2D eigenvalue weighted by Gasteiger charge is -2.27. The molecule has 0 heterocycles. The molecule has 1 aromatic rings. The normalized spacial score (nSPS) is 11.5. The Morgan fingerprint density at radius 1 is 1.27 bits per heavy atom. The number of aryl methyl sites for hydroxylation is 1. The molecule has 0 spiro atoms. The topological polar surface area (TPSA) is 78.5 Å². The van der Waals surface area contributed by atoms with Gasteiger partial charge in [-0.3, -0.25) is 0 Å². The van der Waals surface area contributed by atoms with E-state index in [1.54, 1.807) is 13.0 Å². The van der Waals surface area contributed by atoms with Crippen LogP contribution in [0.25, 0.3) is 0 Å². The van der Waals surface area contributed by atoms with Crippen LogP contribution in [0.3, 0.4) is 0 Å². The Labute approximate surface area is 89.7 Å². The van der Waals surface area contributed by atoms with Gasteiger partial charge in [0.25, 0.3) is 0 Å². The first kappa shape index (κ1) is 11.8. The van der Waals surface area contributed by atoms with Gasteiger partial charge < -0.3 is 21.3 Å². The number of hydrogen-bond acceptors (Lipinski definition) is 4. The largest absolute Gasteiger partial charge is 0.399 e. The molecule has 0 aliphatic rings. The first-order valence-corrected chi connectivity index (χ1v) is 4.86. The van der Waals surface area contributed by atoms with E-state index in [1.165, 1.54) is 0 Å². The third-order valence-corrected chi connectivity index (χ3v) is 2.24. The van der Waals surface area contributed by atoms with Crippen molar-refractivity contribution in [2.45, 2.75) is 19.4 Å². The lowest BCUT2D eigenvalue weighted by molar-refractivity contribution is 0.147. The van der Waals surface area contributed by atoms with Crippen LogP contribution in [-0.2, 0) is 0 Å². The number of aliphatic hydroxyl groups excluding tert-OH is 2. The highest BCUT2D eigenvalue weighted by molar-refractivity contribution is 5.57. The minimum atomic E-state index is -0.722. The van der Waals surface area contributed by atoms with Crippen LogP contribution in [0.2, 0.25) is 0 Å². The molecule has 4 nitrogen and oxygen atoms in total. The highest BCUT2D eigenvalue weighted by atomic mass is 16.3. The van der Waals surface area contributed by atoms with E-state index in [4.69, 9.17) is 15.9 Å². The van der Waals surface area contributed by atoms with Crippen LogP contribution >= 0.6 is 0 Å². The Balaban J connectivity index is 2.88. The molecule has 0 aromatic heterocycles. The number of nitrogens with one attached hydrogen (secondary N) is 1. The quantitative estimate of drug-likeness (QED) is 0.552. The lowest BCUT2D eigenvalue weighted by Crippen LogP contribution is -2.42. The van der Waals surface area contributed by atoms with Crippen molar-refractivity contribution >= 4 is 11.4 Å². The van der Waals surface area contributed by atoms with Gasteiger partial charge in [0.05, 0.1) is 18.8 Å². The van der Waals surface area contributed by atoms with Crippen molar-refractivity contribution in [3.05, 3.63) is 23.8 Å². The maximum atomic E-state index is 9.13. The second kappa shape index (κ2) is 4.51. The van der Waals surface area contributed by atoms with E-state index in [0.29, 0.717) is 5.69 Å². The fraction of sp³-hybridized carbons (Fsp3) is 0.455. The average Bonchev–Trinajstić information content (AvgIpc) is 2.16. The van der Waals surface area contributed by atoms with Crippen LogP contribution in [-0.4, -0.2) is 29.0 Å². The fourth-order valence-electron chi connectivity index (χ4n) is 1.36.